The fourth-order valence-electron chi connectivity index (χ4n) is 2.67. The minimum Gasteiger partial charge on any atom is -0.479 e. The van der Waals surface area contributed by atoms with E-state index in [2.05, 4.69) is 26.6 Å². The maximum absolute atomic E-state index is 12.5. The molecule has 2 aromatic heterocycles. The van der Waals surface area contributed by atoms with E-state index in [1.807, 2.05) is 6.07 Å². The minimum atomic E-state index is -3.74. The molecule has 7 nitrogen and oxygen atoms in total. The van der Waals surface area contributed by atoms with Crippen molar-refractivity contribution in [1.82, 2.24) is 14.9 Å². The van der Waals surface area contributed by atoms with Crippen LogP contribution in [-0.2, 0) is 22.9 Å². The maximum Gasteiger partial charge on any atom is 0.263 e. The van der Waals surface area contributed by atoms with Crippen molar-refractivity contribution in [3.63, 3.8) is 0 Å². The van der Waals surface area contributed by atoms with E-state index in [4.69, 9.17) is 4.74 Å². The molecular formula is C16H20N4O3S. The lowest BCUT2D eigenvalue weighted by Crippen LogP contribution is -2.20. The third kappa shape index (κ3) is 3.49. The minimum absolute atomic E-state index is 0.0988. The van der Waals surface area contributed by atoms with Crippen LogP contribution in [0.1, 0.15) is 11.3 Å². The molecular weight excluding hydrogens is 328 g/mol. The lowest BCUT2D eigenvalue weighted by atomic mass is 10.1. The van der Waals surface area contributed by atoms with Gasteiger partial charge in [0.25, 0.3) is 10.0 Å². The van der Waals surface area contributed by atoms with Gasteiger partial charge in [-0.15, -0.1) is 0 Å². The lowest BCUT2D eigenvalue weighted by molar-refractivity contribution is 0.351. The van der Waals surface area contributed by atoms with E-state index in [9.17, 15) is 8.42 Å². The highest BCUT2D eigenvalue weighted by Crippen LogP contribution is 2.29. The molecule has 3 heterocycles. The number of methoxy groups -OCH3 is 1. The third-order valence-corrected chi connectivity index (χ3v) is 5.38. The second-order valence-corrected chi connectivity index (χ2v) is 7.43. The van der Waals surface area contributed by atoms with Crippen molar-refractivity contribution in [3.05, 3.63) is 41.9 Å². The molecule has 24 heavy (non-hydrogen) atoms. The van der Waals surface area contributed by atoms with Crippen LogP contribution in [0.4, 0.5) is 5.69 Å². The highest BCUT2D eigenvalue weighted by atomic mass is 32.2. The van der Waals surface area contributed by atoms with E-state index in [0.717, 1.165) is 37.2 Å². The highest BCUT2D eigenvalue weighted by Gasteiger charge is 2.21. The van der Waals surface area contributed by atoms with Crippen molar-refractivity contribution >= 4 is 15.7 Å². The molecule has 0 unspecified atom stereocenters. The average Bonchev–Trinajstić information content (AvgIpc) is 2.76. The van der Waals surface area contributed by atoms with Gasteiger partial charge in [0.2, 0.25) is 5.88 Å². The lowest BCUT2D eigenvalue weighted by Gasteiger charge is -2.14. The molecule has 0 spiro atoms. The second kappa shape index (κ2) is 6.74. The van der Waals surface area contributed by atoms with Gasteiger partial charge in [0.1, 0.15) is 10.6 Å². The Bertz CT molecular complexity index is 825. The Morgan fingerprint density at radius 2 is 2.08 bits per heavy atom. The van der Waals surface area contributed by atoms with Gasteiger partial charge in [0.15, 0.2) is 0 Å². The van der Waals surface area contributed by atoms with Crippen molar-refractivity contribution in [1.29, 1.82) is 0 Å². The number of anilines is 1. The van der Waals surface area contributed by atoms with Gasteiger partial charge in [0, 0.05) is 37.6 Å². The summed E-state index contributed by atoms with van der Waals surface area (Å²) in [6.45, 7) is 1.83. The number of likely N-dealkylation sites (N-methyl/N-ethyl adjacent to an activating group) is 1. The van der Waals surface area contributed by atoms with Crippen molar-refractivity contribution in [3.8, 4) is 5.88 Å². The van der Waals surface area contributed by atoms with E-state index in [0.29, 0.717) is 5.69 Å². The Kier molecular flexibility index (Phi) is 4.68. The highest BCUT2D eigenvalue weighted by molar-refractivity contribution is 7.92. The number of nitrogens with one attached hydrogen (secondary N) is 1. The summed E-state index contributed by atoms with van der Waals surface area (Å²) in [7, 11) is -0.185. The summed E-state index contributed by atoms with van der Waals surface area (Å²) in [6, 6.07) is 4.90. The first-order valence-electron chi connectivity index (χ1n) is 7.68. The van der Waals surface area contributed by atoms with Gasteiger partial charge in [-0.3, -0.25) is 9.71 Å². The Hall–Kier alpha value is -2.19. The van der Waals surface area contributed by atoms with E-state index < -0.39 is 10.0 Å². The van der Waals surface area contributed by atoms with Crippen LogP contribution in [0.25, 0.3) is 0 Å². The predicted octanol–water partition coefficient (Wildman–Crippen LogP) is 1.32. The topological polar surface area (TPSA) is 84.4 Å². The molecule has 0 saturated carbocycles. The molecule has 1 N–H and O–H groups in total. The molecule has 0 aromatic carbocycles. The van der Waals surface area contributed by atoms with Crippen LogP contribution < -0.4 is 9.46 Å². The molecule has 0 saturated heterocycles. The number of ether oxygens (including phenoxy) is 1. The molecule has 3 rings (SSSR count). The van der Waals surface area contributed by atoms with Gasteiger partial charge in [-0.05, 0) is 37.2 Å². The third-order valence-electron chi connectivity index (χ3n) is 4.03. The van der Waals surface area contributed by atoms with Gasteiger partial charge >= 0.3 is 0 Å². The zero-order chi connectivity index (χ0) is 17.2. The van der Waals surface area contributed by atoms with Gasteiger partial charge in [0.05, 0.1) is 7.11 Å². The predicted molar refractivity (Wildman–Crippen MR) is 90.7 cm³/mol. The van der Waals surface area contributed by atoms with Crippen LogP contribution in [-0.4, -0.2) is 50.5 Å². The molecule has 0 radical (unpaired) electrons. The van der Waals surface area contributed by atoms with Crippen molar-refractivity contribution in [2.24, 2.45) is 0 Å². The van der Waals surface area contributed by atoms with Crippen LogP contribution in [0, 0.1) is 0 Å². The normalized spacial score (nSPS) is 15.4. The summed E-state index contributed by atoms with van der Waals surface area (Å²) < 4.78 is 32.9. The summed E-state index contributed by atoms with van der Waals surface area (Å²) in [5.74, 6) is 0.283. The molecule has 8 heteroatoms. The Labute approximate surface area is 141 Å². The molecule has 0 fully saturated rings. The number of hydrogen-bond acceptors (Lipinski definition) is 6. The number of pyridine rings is 2. The Morgan fingerprint density at radius 3 is 2.79 bits per heavy atom. The monoisotopic (exact) mass is 348 g/mol. The molecule has 0 amide bonds. The summed E-state index contributed by atoms with van der Waals surface area (Å²) in [5, 5.41) is 0. The fraction of sp³-hybridized carbons (Fsp3) is 0.375. The molecule has 0 bridgehead atoms. The van der Waals surface area contributed by atoms with Crippen LogP contribution in [0.15, 0.2) is 35.5 Å². The maximum atomic E-state index is 12.5. The molecule has 1 aliphatic heterocycles. The Morgan fingerprint density at radius 1 is 1.29 bits per heavy atom. The first kappa shape index (κ1) is 16.7. The summed E-state index contributed by atoms with van der Waals surface area (Å²) >= 11 is 0. The molecule has 1 aliphatic rings. The van der Waals surface area contributed by atoms with Crippen LogP contribution in [0.3, 0.4) is 0 Å². The number of rotatable bonds is 4. The van der Waals surface area contributed by atoms with Crippen LogP contribution in [0.5, 0.6) is 5.88 Å². The number of nitrogens with zero attached hydrogens (tertiary/aromatic N) is 3. The average molecular weight is 348 g/mol. The van der Waals surface area contributed by atoms with Gasteiger partial charge in [-0.2, -0.15) is 0 Å². The smallest absolute Gasteiger partial charge is 0.263 e. The molecule has 0 aliphatic carbocycles. The number of aromatic nitrogens is 2. The van der Waals surface area contributed by atoms with Gasteiger partial charge in [-0.1, -0.05) is 0 Å². The zero-order valence-electron chi connectivity index (χ0n) is 13.7. The van der Waals surface area contributed by atoms with Crippen molar-refractivity contribution < 1.29 is 13.2 Å². The second-order valence-electron chi connectivity index (χ2n) is 5.75. The van der Waals surface area contributed by atoms with E-state index in [-0.39, 0.29) is 10.8 Å². The first-order chi connectivity index (χ1) is 11.5. The van der Waals surface area contributed by atoms with Crippen LogP contribution in [0.2, 0.25) is 0 Å². The number of sulfonamides is 1. The van der Waals surface area contributed by atoms with E-state index >= 15 is 0 Å². The summed E-state index contributed by atoms with van der Waals surface area (Å²) in [6.07, 6.45) is 4.48. The van der Waals surface area contributed by atoms with Crippen molar-refractivity contribution in [2.75, 3.05) is 32.0 Å². The van der Waals surface area contributed by atoms with E-state index in [1.54, 1.807) is 6.07 Å². The number of fused-ring (bicyclic) bond motifs is 1. The quantitative estimate of drug-likeness (QED) is 0.897. The van der Waals surface area contributed by atoms with Crippen molar-refractivity contribution in [2.45, 2.75) is 17.7 Å². The zero-order valence-corrected chi connectivity index (χ0v) is 14.5. The standard InChI is InChI=1S/C16H20N4O3S/c1-20-8-5-12-10-15(16(23-2)18-14(12)6-9-20)19-24(21,22)13-4-3-7-17-11-13/h3-4,7,10-11,19H,5-6,8-9H2,1-2H3. The number of hydrogen-bond donors (Lipinski definition) is 1. The summed E-state index contributed by atoms with van der Waals surface area (Å²) in [5.41, 5.74) is 2.36. The molecule has 0 atom stereocenters. The van der Waals surface area contributed by atoms with Gasteiger partial charge in [-0.25, -0.2) is 13.4 Å². The van der Waals surface area contributed by atoms with Gasteiger partial charge < -0.3 is 9.64 Å². The molecule has 2 aromatic rings. The Balaban J connectivity index is 1.96. The summed E-state index contributed by atoms with van der Waals surface area (Å²) in [4.78, 5) is 10.7. The van der Waals surface area contributed by atoms with E-state index in [1.165, 1.54) is 25.6 Å². The largest absolute Gasteiger partial charge is 0.479 e. The SMILES string of the molecule is COc1nc2c(cc1NS(=O)(=O)c1cccnc1)CCN(C)CC2. The fourth-order valence-corrected chi connectivity index (χ4v) is 3.68. The first-order valence-corrected chi connectivity index (χ1v) is 9.16. The van der Waals surface area contributed by atoms with Crippen LogP contribution >= 0.6 is 0 Å². The molecule has 128 valence electrons.